The van der Waals surface area contributed by atoms with E-state index in [0.717, 1.165) is 0 Å². The summed E-state index contributed by atoms with van der Waals surface area (Å²) in [5.41, 5.74) is 0.674. The van der Waals surface area contributed by atoms with Crippen LogP contribution in [0.4, 0.5) is 10.5 Å². The summed E-state index contributed by atoms with van der Waals surface area (Å²) in [5, 5.41) is 5.76. The molecule has 0 saturated carbocycles. The van der Waals surface area contributed by atoms with E-state index in [1.807, 2.05) is 13.8 Å². The lowest BCUT2D eigenvalue weighted by atomic mass is 9.99. The van der Waals surface area contributed by atoms with E-state index >= 15 is 0 Å². The number of ether oxygens (including phenoxy) is 1. The minimum atomic E-state index is -0.247. The molecule has 23 heavy (non-hydrogen) atoms. The first-order chi connectivity index (χ1) is 11.0. The molecule has 0 aromatic carbocycles. The quantitative estimate of drug-likeness (QED) is 0.878. The highest BCUT2D eigenvalue weighted by Crippen LogP contribution is 2.32. The van der Waals surface area contributed by atoms with E-state index in [2.05, 4.69) is 15.6 Å². The van der Waals surface area contributed by atoms with E-state index in [4.69, 9.17) is 4.74 Å². The van der Waals surface area contributed by atoms with Crippen LogP contribution in [-0.4, -0.2) is 53.2 Å². The second-order valence-electron chi connectivity index (χ2n) is 6.38. The Hall–Kier alpha value is -2.15. The van der Waals surface area contributed by atoms with Crippen molar-refractivity contribution >= 4 is 17.6 Å². The van der Waals surface area contributed by atoms with Gasteiger partial charge in [-0.3, -0.25) is 9.78 Å². The molecule has 0 radical (unpaired) electrons. The van der Waals surface area contributed by atoms with Crippen molar-refractivity contribution in [3.63, 3.8) is 0 Å². The number of rotatable bonds is 3. The fourth-order valence-corrected chi connectivity index (χ4v) is 3.11. The summed E-state index contributed by atoms with van der Waals surface area (Å²) in [6.45, 7) is 4.83. The van der Waals surface area contributed by atoms with Gasteiger partial charge in [0.05, 0.1) is 30.0 Å². The van der Waals surface area contributed by atoms with Crippen LogP contribution in [0, 0.1) is 5.92 Å². The summed E-state index contributed by atoms with van der Waals surface area (Å²) >= 11 is 0. The Bertz CT molecular complexity index is 578. The third-order valence-corrected chi connectivity index (χ3v) is 4.12. The van der Waals surface area contributed by atoms with Gasteiger partial charge in [-0.25, -0.2) is 4.79 Å². The number of carbonyl (C=O) groups excluding carboxylic acids is 2. The Morgan fingerprint density at radius 2 is 2.22 bits per heavy atom. The summed E-state index contributed by atoms with van der Waals surface area (Å²) in [4.78, 5) is 30.4. The summed E-state index contributed by atoms with van der Waals surface area (Å²) < 4.78 is 5.86. The van der Waals surface area contributed by atoms with Gasteiger partial charge in [0.25, 0.3) is 0 Å². The predicted octanol–water partition coefficient (Wildman–Crippen LogP) is 1.23. The van der Waals surface area contributed by atoms with Gasteiger partial charge in [0.1, 0.15) is 0 Å². The number of likely N-dealkylation sites (tertiary alicyclic amines) is 1. The van der Waals surface area contributed by atoms with Crippen LogP contribution in [0.3, 0.4) is 0 Å². The maximum absolute atomic E-state index is 12.5. The third-order valence-electron chi connectivity index (χ3n) is 4.12. The van der Waals surface area contributed by atoms with Crippen LogP contribution in [0.25, 0.3) is 0 Å². The maximum atomic E-state index is 12.5. The Morgan fingerprint density at radius 1 is 1.39 bits per heavy atom. The molecular weight excluding hydrogens is 296 g/mol. The van der Waals surface area contributed by atoms with Gasteiger partial charge in [-0.05, 0) is 32.4 Å². The Labute approximate surface area is 135 Å². The summed E-state index contributed by atoms with van der Waals surface area (Å²) in [7, 11) is 0. The van der Waals surface area contributed by atoms with Crippen molar-refractivity contribution in [1.29, 1.82) is 0 Å². The number of amides is 3. The lowest BCUT2D eigenvalue weighted by Gasteiger charge is -2.33. The molecule has 0 aliphatic carbocycles. The van der Waals surface area contributed by atoms with E-state index in [1.165, 1.54) is 0 Å². The second-order valence-corrected chi connectivity index (χ2v) is 6.38. The zero-order chi connectivity index (χ0) is 16.4. The average Bonchev–Trinajstić information content (AvgIpc) is 2.82. The molecular formula is C16H22N4O3. The van der Waals surface area contributed by atoms with Crippen LogP contribution in [0.15, 0.2) is 24.5 Å². The molecule has 3 heterocycles. The monoisotopic (exact) mass is 318 g/mol. The molecule has 2 saturated heterocycles. The number of morpholine rings is 1. The second kappa shape index (κ2) is 6.54. The van der Waals surface area contributed by atoms with Crippen LogP contribution < -0.4 is 10.6 Å². The lowest BCUT2D eigenvalue weighted by molar-refractivity contribution is -0.122. The zero-order valence-corrected chi connectivity index (χ0v) is 13.4. The van der Waals surface area contributed by atoms with E-state index in [0.29, 0.717) is 25.2 Å². The number of pyridine rings is 1. The summed E-state index contributed by atoms with van der Waals surface area (Å²) in [6, 6.07) is 3.58. The van der Waals surface area contributed by atoms with E-state index in [9.17, 15) is 9.59 Å². The third kappa shape index (κ3) is 3.61. The molecule has 2 aliphatic rings. The average molecular weight is 318 g/mol. The molecule has 0 unspecified atom stereocenters. The van der Waals surface area contributed by atoms with Crippen molar-refractivity contribution in [2.24, 2.45) is 5.92 Å². The van der Waals surface area contributed by atoms with Crippen LogP contribution in [0.1, 0.15) is 20.3 Å². The fourth-order valence-electron chi connectivity index (χ4n) is 3.11. The number of nitrogens with one attached hydrogen (secondary N) is 2. The van der Waals surface area contributed by atoms with E-state index in [-0.39, 0.29) is 36.1 Å². The van der Waals surface area contributed by atoms with Crippen molar-refractivity contribution in [2.75, 3.05) is 18.4 Å². The van der Waals surface area contributed by atoms with Gasteiger partial charge in [-0.2, -0.15) is 0 Å². The van der Waals surface area contributed by atoms with Gasteiger partial charge in [-0.1, -0.05) is 0 Å². The summed E-state index contributed by atoms with van der Waals surface area (Å²) in [6.07, 6.45) is 3.59. The van der Waals surface area contributed by atoms with Crippen LogP contribution in [-0.2, 0) is 9.53 Å². The van der Waals surface area contributed by atoms with Crippen molar-refractivity contribution in [2.45, 2.75) is 38.5 Å². The minimum Gasteiger partial charge on any atom is -0.370 e. The number of hydrogen-bond donors (Lipinski definition) is 2. The molecule has 1 aromatic rings. The lowest BCUT2D eigenvalue weighted by Crippen LogP contribution is -2.52. The molecule has 3 atom stereocenters. The number of anilines is 1. The molecule has 3 rings (SSSR count). The predicted molar refractivity (Wildman–Crippen MR) is 84.9 cm³/mol. The van der Waals surface area contributed by atoms with Gasteiger partial charge < -0.3 is 20.3 Å². The molecule has 7 heteroatoms. The molecule has 7 nitrogen and oxygen atoms in total. The normalized spacial score (nSPS) is 26.2. The number of nitrogens with zero attached hydrogens (tertiary/aromatic N) is 2. The van der Waals surface area contributed by atoms with Crippen LogP contribution in [0.5, 0.6) is 0 Å². The van der Waals surface area contributed by atoms with Crippen molar-refractivity contribution in [3.05, 3.63) is 24.5 Å². The van der Waals surface area contributed by atoms with E-state index < -0.39 is 0 Å². The molecule has 2 aliphatic heterocycles. The Balaban J connectivity index is 1.61. The largest absolute Gasteiger partial charge is 0.370 e. The van der Waals surface area contributed by atoms with Gasteiger partial charge in [-0.15, -0.1) is 0 Å². The number of fused-ring (bicyclic) bond motifs is 2. The van der Waals surface area contributed by atoms with Gasteiger partial charge in [0.15, 0.2) is 0 Å². The number of carbonyl (C=O) groups is 2. The molecule has 2 N–H and O–H groups in total. The number of urea groups is 1. The number of aromatic nitrogens is 1. The van der Waals surface area contributed by atoms with Crippen LogP contribution >= 0.6 is 0 Å². The zero-order valence-electron chi connectivity index (χ0n) is 13.4. The topological polar surface area (TPSA) is 83.6 Å². The van der Waals surface area contributed by atoms with Crippen molar-refractivity contribution < 1.29 is 14.3 Å². The highest BCUT2D eigenvalue weighted by atomic mass is 16.5. The molecule has 124 valence electrons. The highest BCUT2D eigenvalue weighted by molar-refractivity contribution is 5.93. The standard InChI is InChI=1S/C16H22N4O3/c1-10(2)18-16(22)20-8-12-6-13(14(9-20)23-12)15(21)19-11-4-3-5-17-7-11/h3-5,7,10,12-14H,6,8-9H2,1-2H3,(H,18,22)(H,19,21)/t12-,13+,14-/m0/s1. The van der Waals surface area contributed by atoms with Crippen LogP contribution in [0.2, 0.25) is 0 Å². The molecule has 1 aromatic heterocycles. The van der Waals surface area contributed by atoms with Crippen molar-refractivity contribution in [3.8, 4) is 0 Å². The molecule has 3 amide bonds. The minimum absolute atomic E-state index is 0.0726. The van der Waals surface area contributed by atoms with Crippen molar-refractivity contribution in [1.82, 2.24) is 15.2 Å². The molecule has 2 fully saturated rings. The Kier molecular flexibility index (Phi) is 4.47. The van der Waals surface area contributed by atoms with Gasteiger partial charge in [0.2, 0.25) is 5.91 Å². The Morgan fingerprint density at radius 3 is 2.91 bits per heavy atom. The highest BCUT2D eigenvalue weighted by Gasteiger charge is 2.45. The first-order valence-corrected chi connectivity index (χ1v) is 7.94. The van der Waals surface area contributed by atoms with Gasteiger partial charge >= 0.3 is 6.03 Å². The maximum Gasteiger partial charge on any atom is 0.317 e. The van der Waals surface area contributed by atoms with Gasteiger partial charge in [0, 0.05) is 25.3 Å². The number of hydrogen-bond acceptors (Lipinski definition) is 4. The first kappa shape index (κ1) is 15.7. The SMILES string of the molecule is CC(C)NC(=O)N1C[C@@H]2C[C@@H](C(=O)Nc3cccnc3)[C@H](C1)O2. The smallest absolute Gasteiger partial charge is 0.317 e. The fraction of sp³-hybridized carbons (Fsp3) is 0.562. The summed E-state index contributed by atoms with van der Waals surface area (Å²) in [5.74, 6) is -0.311. The molecule has 2 bridgehead atoms. The first-order valence-electron chi connectivity index (χ1n) is 7.94. The molecule has 0 spiro atoms. The van der Waals surface area contributed by atoms with E-state index in [1.54, 1.807) is 29.4 Å².